The lowest BCUT2D eigenvalue weighted by Crippen LogP contribution is -2.45. The number of carbonyl (C=O) groups is 2. The van der Waals surface area contributed by atoms with E-state index in [-0.39, 0.29) is 18.5 Å². The molecule has 2 atom stereocenters. The van der Waals surface area contributed by atoms with Crippen LogP contribution >= 0.6 is 0 Å². The number of nitrogens with one attached hydrogen (secondary N) is 1. The number of aliphatic hydroxyl groups is 2. The molecule has 6 heteroatoms. The Bertz CT molecular complexity index is 1030. The second-order valence-corrected chi connectivity index (χ2v) is 20.3. The maximum absolute atomic E-state index is 12.5. The van der Waals surface area contributed by atoms with Crippen LogP contribution < -0.4 is 5.32 Å². The molecule has 6 nitrogen and oxygen atoms in total. The van der Waals surface area contributed by atoms with Crippen LogP contribution in [0.4, 0.5) is 0 Å². The highest BCUT2D eigenvalue weighted by atomic mass is 16.5. The molecular formula is C60H115NO5. The van der Waals surface area contributed by atoms with Crippen LogP contribution in [0.1, 0.15) is 322 Å². The third kappa shape index (κ3) is 51.7. The van der Waals surface area contributed by atoms with Crippen LogP contribution in [0.25, 0.3) is 0 Å². The summed E-state index contributed by atoms with van der Waals surface area (Å²) in [6.45, 7) is 4.93. The van der Waals surface area contributed by atoms with Crippen molar-refractivity contribution in [2.45, 2.75) is 334 Å². The molecule has 2 unspecified atom stereocenters. The van der Waals surface area contributed by atoms with Crippen molar-refractivity contribution in [1.29, 1.82) is 0 Å². The molecule has 0 saturated carbocycles. The van der Waals surface area contributed by atoms with Crippen LogP contribution in [0, 0.1) is 0 Å². The van der Waals surface area contributed by atoms with Gasteiger partial charge in [0.2, 0.25) is 5.91 Å². The minimum absolute atomic E-state index is 0.0121. The lowest BCUT2D eigenvalue weighted by atomic mass is 10.0. The number of ether oxygens (including phenoxy) is 1. The Morgan fingerprint density at radius 3 is 1.15 bits per heavy atom. The van der Waals surface area contributed by atoms with Gasteiger partial charge in [0.25, 0.3) is 0 Å². The molecular weight excluding hydrogens is 815 g/mol. The van der Waals surface area contributed by atoms with Gasteiger partial charge in [0.05, 0.1) is 25.4 Å². The summed E-state index contributed by atoms with van der Waals surface area (Å²) < 4.78 is 5.46. The lowest BCUT2D eigenvalue weighted by Gasteiger charge is -2.22. The zero-order valence-corrected chi connectivity index (χ0v) is 44.4. The smallest absolute Gasteiger partial charge is 0.305 e. The minimum atomic E-state index is -0.675. The number of amides is 1. The molecule has 1 amide bonds. The molecule has 0 rings (SSSR count). The Labute approximate surface area is 411 Å². The third-order valence-electron chi connectivity index (χ3n) is 13.8. The SMILES string of the molecule is CCCCCCCCCCCCCCCCCCCC(O)C(CO)NC(=O)CCCCCCCCC/C=C\C/C=C\CCCCCOC(=O)CCCCCCCCCCCCCCCCC. The topological polar surface area (TPSA) is 95.9 Å². The molecule has 0 fully saturated rings. The predicted molar refractivity (Wildman–Crippen MR) is 287 cm³/mol. The largest absolute Gasteiger partial charge is 0.466 e. The molecule has 0 bridgehead atoms. The van der Waals surface area contributed by atoms with E-state index < -0.39 is 12.1 Å². The number of esters is 1. The van der Waals surface area contributed by atoms with Crippen LogP contribution in [0.3, 0.4) is 0 Å². The van der Waals surface area contributed by atoms with E-state index >= 15 is 0 Å². The Kier molecular flexibility index (Phi) is 54.5. The zero-order chi connectivity index (χ0) is 47.9. The number of aliphatic hydroxyl groups excluding tert-OH is 2. The number of rotatable bonds is 55. The van der Waals surface area contributed by atoms with Crippen LogP contribution in [-0.2, 0) is 14.3 Å². The molecule has 3 N–H and O–H groups in total. The Hall–Kier alpha value is -1.66. The monoisotopic (exact) mass is 930 g/mol. The standard InChI is InChI=1S/C60H115NO5/c1-3-5-7-9-11-13-15-17-19-21-25-28-32-36-40-44-48-52-58(63)57(56-62)61-59(64)53-49-45-41-37-33-29-26-22-20-23-27-31-35-39-43-47-51-55-66-60(65)54-50-46-42-38-34-30-24-18-16-14-12-10-8-6-4-2/h20,23,31,35,57-58,62-63H,3-19,21-22,24-30,32-34,36-56H2,1-2H3,(H,61,64)/b23-20-,35-31-. The van der Waals surface area contributed by atoms with Gasteiger partial charge in [0, 0.05) is 12.8 Å². The molecule has 66 heavy (non-hydrogen) atoms. The van der Waals surface area contributed by atoms with E-state index in [1.807, 2.05) is 0 Å². The van der Waals surface area contributed by atoms with Crippen molar-refractivity contribution in [2.24, 2.45) is 0 Å². The Morgan fingerprint density at radius 2 is 0.758 bits per heavy atom. The second kappa shape index (κ2) is 55.9. The van der Waals surface area contributed by atoms with Gasteiger partial charge >= 0.3 is 5.97 Å². The maximum atomic E-state index is 12.5. The fraction of sp³-hybridized carbons (Fsp3) is 0.900. The quantitative estimate of drug-likeness (QED) is 0.0321. The molecule has 0 aromatic heterocycles. The Balaban J connectivity index is 3.48. The van der Waals surface area contributed by atoms with Crippen molar-refractivity contribution in [2.75, 3.05) is 13.2 Å². The van der Waals surface area contributed by atoms with E-state index in [1.54, 1.807) is 0 Å². The van der Waals surface area contributed by atoms with Gasteiger partial charge in [-0.25, -0.2) is 0 Å². The minimum Gasteiger partial charge on any atom is -0.466 e. The first-order chi connectivity index (χ1) is 32.5. The number of hydrogen-bond donors (Lipinski definition) is 3. The molecule has 0 radical (unpaired) electrons. The highest BCUT2D eigenvalue weighted by molar-refractivity contribution is 5.76. The molecule has 0 aliphatic carbocycles. The summed E-state index contributed by atoms with van der Waals surface area (Å²) in [4.78, 5) is 24.5. The van der Waals surface area contributed by atoms with E-state index in [1.165, 1.54) is 205 Å². The van der Waals surface area contributed by atoms with Crippen molar-refractivity contribution >= 4 is 11.9 Å². The zero-order valence-electron chi connectivity index (χ0n) is 44.4. The fourth-order valence-corrected chi connectivity index (χ4v) is 9.20. The van der Waals surface area contributed by atoms with Gasteiger partial charge in [0.1, 0.15) is 0 Å². The van der Waals surface area contributed by atoms with Crippen molar-refractivity contribution < 1.29 is 24.5 Å². The predicted octanol–water partition coefficient (Wildman–Crippen LogP) is 18.2. The molecule has 0 aromatic rings. The first kappa shape index (κ1) is 64.3. The molecule has 390 valence electrons. The number of unbranched alkanes of at least 4 members (excludes halogenated alkanes) is 40. The maximum Gasteiger partial charge on any atom is 0.305 e. The van der Waals surface area contributed by atoms with Gasteiger partial charge in [-0.1, -0.05) is 269 Å². The van der Waals surface area contributed by atoms with E-state index in [4.69, 9.17) is 4.74 Å². The molecule has 0 spiro atoms. The molecule has 0 heterocycles. The number of carbonyl (C=O) groups excluding carboxylic acids is 2. The van der Waals surface area contributed by atoms with Gasteiger partial charge in [0.15, 0.2) is 0 Å². The molecule has 0 saturated heterocycles. The van der Waals surface area contributed by atoms with Gasteiger partial charge in [-0.2, -0.15) is 0 Å². The summed E-state index contributed by atoms with van der Waals surface area (Å²) in [6, 6.07) is -0.553. The summed E-state index contributed by atoms with van der Waals surface area (Å²) >= 11 is 0. The van der Waals surface area contributed by atoms with Crippen molar-refractivity contribution in [3.05, 3.63) is 24.3 Å². The van der Waals surface area contributed by atoms with Crippen LogP contribution in [0.5, 0.6) is 0 Å². The van der Waals surface area contributed by atoms with E-state index in [0.717, 1.165) is 83.5 Å². The first-order valence-electron chi connectivity index (χ1n) is 29.6. The van der Waals surface area contributed by atoms with Crippen LogP contribution in [0.15, 0.2) is 24.3 Å². The summed E-state index contributed by atoms with van der Waals surface area (Å²) in [6.07, 6.45) is 67.4. The average molecular weight is 931 g/mol. The van der Waals surface area contributed by atoms with Crippen molar-refractivity contribution in [3.8, 4) is 0 Å². The van der Waals surface area contributed by atoms with Crippen LogP contribution in [0.2, 0.25) is 0 Å². The highest BCUT2D eigenvalue weighted by Crippen LogP contribution is 2.17. The van der Waals surface area contributed by atoms with Gasteiger partial charge in [-0.3, -0.25) is 9.59 Å². The summed E-state index contributed by atoms with van der Waals surface area (Å²) in [7, 11) is 0. The second-order valence-electron chi connectivity index (χ2n) is 20.3. The van der Waals surface area contributed by atoms with Gasteiger partial charge in [-0.15, -0.1) is 0 Å². The Morgan fingerprint density at radius 1 is 0.424 bits per heavy atom. The molecule has 0 aliphatic heterocycles. The van der Waals surface area contributed by atoms with E-state index in [9.17, 15) is 19.8 Å². The van der Waals surface area contributed by atoms with Crippen molar-refractivity contribution in [3.63, 3.8) is 0 Å². The summed E-state index contributed by atoms with van der Waals surface area (Å²) in [5.74, 6) is -0.0611. The highest BCUT2D eigenvalue weighted by Gasteiger charge is 2.20. The number of allylic oxidation sites excluding steroid dienone is 4. The van der Waals surface area contributed by atoms with Gasteiger partial charge in [-0.05, 0) is 64.2 Å². The normalized spacial score (nSPS) is 12.7. The van der Waals surface area contributed by atoms with Crippen molar-refractivity contribution in [1.82, 2.24) is 5.32 Å². The van der Waals surface area contributed by atoms with E-state index in [0.29, 0.717) is 25.9 Å². The summed E-state index contributed by atoms with van der Waals surface area (Å²) in [5, 5.41) is 23.3. The number of hydrogen-bond acceptors (Lipinski definition) is 5. The third-order valence-corrected chi connectivity index (χ3v) is 13.8. The fourth-order valence-electron chi connectivity index (χ4n) is 9.20. The summed E-state index contributed by atoms with van der Waals surface area (Å²) in [5.41, 5.74) is 0. The lowest BCUT2D eigenvalue weighted by molar-refractivity contribution is -0.143. The van der Waals surface area contributed by atoms with Crippen LogP contribution in [-0.4, -0.2) is 47.4 Å². The first-order valence-corrected chi connectivity index (χ1v) is 29.6. The molecule has 0 aromatic carbocycles. The molecule has 0 aliphatic rings. The van der Waals surface area contributed by atoms with E-state index in [2.05, 4.69) is 43.5 Å². The van der Waals surface area contributed by atoms with Gasteiger partial charge < -0.3 is 20.3 Å². The average Bonchev–Trinajstić information content (AvgIpc) is 3.32.